The molecule has 1 aliphatic rings. The molecule has 0 fully saturated rings. The van der Waals surface area contributed by atoms with Crippen LogP contribution in [0.1, 0.15) is 11.1 Å². The van der Waals surface area contributed by atoms with Gasteiger partial charge >= 0.3 is 11.9 Å². The van der Waals surface area contributed by atoms with Crippen LogP contribution in [0.4, 0.5) is 0 Å². The van der Waals surface area contributed by atoms with Crippen LogP contribution in [0.3, 0.4) is 0 Å². The van der Waals surface area contributed by atoms with Crippen molar-refractivity contribution in [1.29, 1.82) is 0 Å². The van der Waals surface area contributed by atoms with Gasteiger partial charge in [-0.1, -0.05) is 24.3 Å². The predicted octanol–water partition coefficient (Wildman–Crippen LogP) is 0.000700. The van der Waals surface area contributed by atoms with Crippen LogP contribution < -0.4 is 0 Å². The van der Waals surface area contributed by atoms with E-state index in [2.05, 4.69) is 4.74 Å². The molecule has 1 unspecified atom stereocenters. The average molecular weight is 313 g/mol. The molecule has 0 amide bonds. The molecule has 1 aromatic rings. The van der Waals surface area contributed by atoms with E-state index in [0.717, 1.165) is 22.5 Å². The van der Waals surface area contributed by atoms with Gasteiger partial charge in [-0.2, -0.15) is 4.31 Å². The summed E-state index contributed by atoms with van der Waals surface area (Å²) in [5.74, 6) is -3.02. The number of aliphatic carboxylic acids is 1. The van der Waals surface area contributed by atoms with Crippen LogP contribution >= 0.6 is 0 Å². The van der Waals surface area contributed by atoms with Gasteiger partial charge in [0.25, 0.3) is 0 Å². The summed E-state index contributed by atoms with van der Waals surface area (Å²) in [7, 11) is -2.97. The monoisotopic (exact) mass is 313 g/mol. The first-order valence-corrected chi connectivity index (χ1v) is 7.82. The summed E-state index contributed by atoms with van der Waals surface area (Å²) in [6.07, 6.45) is 0.0753. The van der Waals surface area contributed by atoms with Gasteiger partial charge in [-0.15, -0.1) is 0 Å². The van der Waals surface area contributed by atoms with Crippen molar-refractivity contribution in [2.75, 3.05) is 12.9 Å². The van der Waals surface area contributed by atoms with Gasteiger partial charge in [0.05, 0.1) is 7.11 Å². The number of carboxylic acid groups (broad SMARTS) is 1. The Morgan fingerprint density at radius 3 is 2.52 bits per heavy atom. The van der Waals surface area contributed by atoms with E-state index in [-0.39, 0.29) is 13.0 Å². The van der Waals surface area contributed by atoms with Crippen molar-refractivity contribution in [2.24, 2.45) is 0 Å². The van der Waals surface area contributed by atoms with Gasteiger partial charge in [-0.3, -0.25) is 9.59 Å². The summed E-state index contributed by atoms with van der Waals surface area (Å²) in [5, 5.41) is 9.27. The zero-order valence-corrected chi connectivity index (χ0v) is 12.2. The quantitative estimate of drug-likeness (QED) is 0.785. The third-order valence-electron chi connectivity index (χ3n) is 3.38. The second-order valence-corrected chi connectivity index (χ2v) is 6.63. The first kappa shape index (κ1) is 15.5. The number of rotatable bonds is 4. The van der Waals surface area contributed by atoms with Crippen LogP contribution in [0.25, 0.3) is 0 Å². The minimum Gasteiger partial charge on any atom is -0.480 e. The summed E-state index contributed by atoms with van der Waals surface area (Å²) < 4.78 is 29.7. The molecule has 1 aliphatic heterocycles. The van der Waals surface area contributed by atoms with Gasteiger partial charge in [-0.05, 0) is 11.1 Å². The Labute approximate surface area is 122 Å². The number of hydrogen-bond acceptors (Lipinski definition) is 5. The van der Waals surface area contributed by atoms with Crippen molar-refractivity contribution in [3.8, 4) is 0 Å². The molecule has 0 saturated carbocycles. The van der Waals surface area contributed by atoms with Crippen molar-refractivity contribution in [3.63, 3.8) is 0 Å². The fraction of sp³-hybridized carbons (Fsp3) is 0.385. The molecule has 0 bridgehead atoms. The number of carbonyl (C=O) groups excluding carboxylic acids is 1. The summed E-state index contributed by atoms with van der Waals surface area (Å²) >= 11 is 0. The Morgan fingerprint density at radius 1 is 1.33 bits per heavy atom. The first-order valence-electron chi connectivity index (χ1n) is 6.21. The van der Waals surface area contributed by atoms with Gasteiger partial charge in [0.15, 0.2) is 5.75 Å². The third kappa shape index (κ3) is 3.22. The molecule has 0 aliphatic carbocycles. The van der Waals surface area contributed by atoms with Crippen molar-refractivity contribution >= 4 is 22.0 Å². The van der Waals surface area contributed by atoms with Crippen LogP contribution in [0.2, 0.25) is 0 Å². The Bertz CT molecular complexity index is 669. The van der Waals surface area contributed by atoms with Crippen LogP contribution in [0.15, 0.2) is 24.3 Å². The number of hydrogen-bond donors (Lipinski definition) is 1. The summed E-state index contributed by atoms with van der Waals surface area (Å²) in [6.45, 7) is -0.0630. The van der Waals surface area contributed by atoms with Gasteiger partial charge in [-0.25, -0.2) is 8.42 Å². The van der Waals surface area contributed by atoms with Crippen LogP contribution in [0.5, 0.6) is 0 Å². The van der Waals surface area contributed by atoms with E-state index >= 15 is 0 Å². The molecule has 114 valence electrons. The maximum atomic E-state index is 12.2. The largest absolute Gasteiger partial charge is 0.480 e. The predicted molar refractivity (Wildman–Crippen MR) is 72.9 cm³/mol. The van der Waals surface area contributed by atoms with Crippen LogP contribution in [0, 0.1) is 0 Å². The zero-order chi connectivity index (χ0) is 15.6. The standard InChI is InChI=1S/C13H15NO6S/c1-20-12(15)8-21(18,19)14-7-10-5-3-2-4-9(10)6-11(14)13(16)17/h2-5,11H,6-8H2,1H3,(H,16,17). The number of carbonyl (C=O) groups is 2. The number of esters is 1. The van der Waals surface area contributed by atoms with E-state index in [0.29, 0.717) is 0 Å². The fourth-order valence-corrected chi connectivity index (χ4v) is 3.76. The maximum absolute atomic E-state index is 12.2. The van der Waals surface area contributed by atoms with Crippen molar-refractivity contribution in [1.82, 2.24) is 4.31 Å². The summed E-state index contributed by atoms with van der Waals surface area (Å²) in [4.78, 5) is 22.6. The highest BCUT2D eigenvalue weighted by atomic mass is 32.2. The van der Waals surface area contributed by atoms with E-state index in [9.17, 15) is 23.1 Å². The average Bonchev–Trinajstić information content (AvgIpc) is 2.45. The fourth-order valence-electron chi connectivity index (χ4n) is 2.29. The second kappa shape index (κ2) is 5.82. The smallest absolute Gasteiger partial charge is 0.322 e. The molecule has 1 atom stereocenters. The molecule has 8 heteroatoms. The third-order valence-corrected chi connectivity index (χ3v) is 5.07. The first-order chi connectivity index (χ1) is 9.85. The Hall–Kier alpha value is -1.93. The zero-order valence-electron chi connectivity index (χ0n) is 11.4. The molecule has 21 heavy (non-hydrogen) atoms. The second-order valence-electron chi connectivity index (χ2n) is 4.70. The lowest BCUT2D eigenvalue weighted by Gasteiger charge is -2.33. The van der Waals surface area contributed by atoms with E-state index in [1.807, 2.05) is 0 Å². The number of benzene rings is 1. The Morgan fingerprint density at radius 2 is 1.95 bits per heavy atom. The molecule has 0 saturated heterocycles. The number of ether oxygens (including phenoxy) is 1. The Kier molecular flexibility index (Phi) is 4.29. The maximum Gasteiger partial charge on any atom is 0.322 e. The molecule has 7 nitrogen and oxygen atoms in total. The van der Waals surface area contributed by atoms with E-state index < -0.39 is 33.8 Å². The number of methoxy groups -OCH3 is 1. The van der Waals surface area contributed by atoms with Crippen molar-refractivity contribution in [3.05, 3.63) is 35.4 Å². The topological polar surface area (TPSA) is 101 Å². The molecule has 2 rings (SSSR count). The number of fused-ring (bicyclic) bond motifs is 1. The van der Waals surface area contributed by atoms with Crippen molar-refractivity contribution < 1.29 is 27.9 Å². The molecule has 0 radical (unpaired) electrons. The lowest BCUT2D eigenvalue weighted by atomic mass is 9.96. The normalized spacial score (nSPS) is 18.8. The minimum atomic E-state index is -4.05. The minimum absolute atomic E-state index is 0.0630. The van der Waals surface area contributed by atoms with Crippen LogP contribution in [-0.4, -0.2) is 48.7 Å². The molecule has 1 N–H and O–H groups in total. The molecule has 0 aromatic heterocycles. The Balaban J connectivity index is 2.37. The number of sulfonamides is 1. The summed E-state index contributed by atoms with van der Waals surface area (Å²) in [6, 6.07) is 5.83. The molecule has 0 spiro atoms. The van der Waals surface area contributed by atoms with Gasteiger partial charge in [0.1, 0.15) is 6.04 Å². The van der Waals surface area contributed by atoms with Gasteiger partial charge < -0.3 is 9.84 Å². The van der Waals surface area contributed by atoms with E-state index in [1.165, 1.54) is 0 Å². The highest BCUT2D eigenvalue weighted by molar-refractivity contribution is 7.89. The lowest BCUT2D eigenvalue weighted by molar-refractivity contribution is -0.142. The molecular formula is C13H15NO6S. The highest BCUT2D eigenvalue weighted by Crippen LogP contribution is 2.26. The van der Waals surface area contributed by atoms with Gasteiger partial charge in [0.2, 0.25) is 10.0 Å². The lowest BCUT2D eigenvalue weighted by Crippen LogP contribution is -2.50. The molecule has 1 aromatic carbocycles. The SMILES string of the molecule is COC(=O)CS(=O)(=O)N1Cc2ccccc2CC1C(=O)O. The summed E-state index contributed by atoms with van der Waals surface area (Å²) in [5.41, 5.74) is 1.54. The highest BCUT2D eigenvalue weighted by Gasteiger charge is 2.39. The number of carboxylic acids is 1. The van der Waals surface area contributed by atoms with Crippen molar-refractivity contribution in [2.45, 2.75) is 19.0 Å². The molecular weight excluding hydrogens is 298 g/mol. The van der Waals surface area contributed by atoms with Gasteiger partial charge in [0, 0.05) is 13.0 Å². The van der Waals surface area contributed by atoms with E-state index in [1.54, 1.807) is 24.3 Å². The number of nitrogens with zero attached hydrogens (tertiary/aromatic N) is 1. The van der Waals surface area contributed by atoms with E-state index in [4.69, 9.17) is 0 Å². The molecule has 1 heterocycles. The van der Waals surface area contributed by atoms with Crippen LogP contribution in [-0.2, 0) is 37.3 Å².